The van der Waals surface area contributed by atoms with Crippen molar-refractivity contribution in [2.24, 2.45) is 0 Å². The minimum absolute atomic E-state index is 0.0250. The van der Waals surface area contributed by atoms with Gasteiger partial charge in [0.1, 0.15) is 11.4 Å². The molecule has 1 fully saturated rings. The minimum atomic E-state index is -0.434. The number of carbonyl (C=O) groups excluding carboxylic acids is 2. The lowest BCUT2D eigenvalue weighted by Gasteiger charge is -2.30. The zero-order valence-corrected chi connectivity index (χ0v) is 14.2. The van der Waals surface area contributed by atoms with Crippen LogP contribution in [0.1, 0.15) is 55.4 Å². The molecule has 0 bridgehead atoms. The molecule has 4 nitrogen and oxygen atoms in total. The Balaban J connectivity index is 1.95. The van der Waals surface area contributed by atoms with Crippen molar-refractivity contribution in [1.29, 1.82) is 0 Å². The topological polar surface area (TPSA) is 49.4 Å². The third-order valence-corrected chi connectivity index (χ3v) is 6.08. The van der Waals surface area contributed by atoms with Gasteiger partial charge in [0, 0.05) is 16.4 Å². The highest BCUT2D eigenvalue weighted by Gasteiger charge is 2.57. The van der Waals surface area contributed by atoms with E-state index in [4.69, 9.17) is 0 Å². The Kier molecular flexibility index (Phi) is 3.71. The SMILES string of the molecule is CC[C@@H](C)NC(=O)[C@H]1N2C(=O)c3ccccc3[C@@H]2SC1(C)C. The van der Waals surface area contributed by atoms with Crippen molar-refractivity contribution in [3.05, 3.63) is 35.4 Å². The van der Waals surface area contributed by atoms with E-state index in [1.54, 1.807) is 16.7 Å². The van der Waals surface area contributed by atoms with E-state index in [0.29, 0.717) is 0 Å². The summed E-state index contributed by atoms with van der Waals surface area (Å²) in [6.07, 6.45) is 0.879. The van der Waals surface area contributed by atoms with Gasteiger partial charge in [0.15, 0.2) is 0 Å². The molecule has 2 aliphatic heterocycles. The highest BCUT2D eigenvalue weighted by molar-refractivity contribution is 8.01. The van der Waals surface area contributed by atoms with E-state index in [1.165, 1.54) is 0 Å². The van der Waals surface area contributed by atoms with E-state index < -0.39 is 6.04 Å². The van der Waals surface area contributed by atoms with Crippen molar-refractivity contribution in [3.63, 3.8) is 0 Å². The van der Waals surface area contributed by atoms with Gasteiger partial charge in [-0.25, -0.2) is 0 Å². The summed E-state index contributed by atoms with van der Waals surface area (Å²) in [6.45, 7) is 8.13. The third-order valence-electron chi connectivity index (χ3n) is 4.55. The van der Waals surface area contributed by atoms with E-state index in [0.717, 1.165) is 17.5 Å². The number of carbonyl (C=O) groups is 2. The zero-order chi connectivity index (χ0) is 16.1. The van der Waals surface area contributed by atoms with Crippen molar-refractivity contribution < 1.29 is 9.59 Å². The lowest BCUT2D eigenvalue weighted by atomic mass is 10.00. The Morgan fingerprint density at radius 3 is 2.77 bits per heavy atom. The predicted octanol–water partition coefficient (Wildman–Crippen LogP) is 2.95. The molecule has 0 unspecified atom stereocenters. The first-order valence-corrected chi connectivity index (χ1v) is 8.64. The maximum Gasteiger partial charge on any atom is 0.256 e. The summed E-state index contributed by atoms with van der Waals surface area (Å²) in [5, 5.41) is 2.99. The van der Waals surface area contributed by atoms with Gasteiger partial charge < -0.3 is 10.2 Å². The lowest BCUT2D eigenvalue weighted by Crippen LogP contribution is -2.54. The molecule has 2 amide bonds. The molecule has 0 radical (unpaired) electrons. The van der Waals surface area contributed by atoms with Gasteiger partial charge in [-0.1, -0.05) is 25.1 Å². The van der Waals surface area contributed by atoms with Gasteiger partial charge >= 0.3 is 0 Å². The zero-order valence-electron chi connectivity index (χ0n) is 13.4. The molecular formula is C17H22N2O2S. The molecule has 0 saturated carbocycles. The summed E-state index contributed by atoms with van der Waals surface area (Å²) < 4.78 is -0.300. The maximum absolute atomic E-state index is 12.8. The number of fused-ring (bicyclic) bond motifs is 3. The van der Waals surface area contributed by atoms with Gasteiger partial charge in [0.2, 0.25) is 5.91 Å². The molecule has 2 aliphatic rings. The van der Waals surface area contributed by atoms with Gasteiger partial charge in [-0.15, -0.1) is 11.8 Å². The van der Waals surface area contributed by atoms with Crippen molar-refractivity contribution >= 4 is 23.6 Å². The fraction of sp³-hybridized carbons (Fsp3) is 0.529. The van der Waals surface area contributed by atoms with E-state index in [9.17, 15) is 9.59 Å². The van der Waals surface area contributed by atoms with Crippen molar-refractivity contribution in [1.82, 2.24) is 10.2 Å². The molecule has 3 rings (SSSR count). The molecule has 1 N–H and O–H groups in total. The Bertz CT molecular complexity index is 629. The molecule has 22 heavy (non-hydrogen) atoms. The summed E-state index contributed by atoms with van der Waals surface area (Å²) in [7, 11) is 0. The van der Waals surface area contributed by atoms with Crippen molar-refractivity contribution in [2.75, 3.05) is 0 Å². The highest BCUT2D eigenvalue weighted by atomic mass is 32.2. The normalized spacial score (nSPS) is 26.5. The van der Waals surface area contributed by atoms with Gasteiger partial charge in [-0.2, -0.15) is 0 Å². The van der Waals surface area contributed by atoms with Crippen LogP contribution in [0, 0.1) is 0 Å². The quantitative estimate of drug-likeness (QED) is 0.932. The second-order valence-electron chi connectivity index (χ2n) is 6.59. The van der Waals surface area contributed by atoms with Crippen LogP contribution in [0.25, 0.3) is 0 Å². The number of benzene rings is 1. The molecule has 0 aromatic heterocycles. The molecule has 0 aliphatic carbocycles. The van der Waals surface area contributed by atoms with E-state index in [2.05, 4.69) is 5.32 Å². The van der Waals surface area contributed by atoms with Crippen molar-refractivity contribution in [3.8, 4) is 0 Å². The third kappa shape index (κ3) is 2.22. The van der Waals surface area contributed by atoms with Crippen LogP contribution in [-0.2, 0) is 4.79 Å². The van der Waals surface area contributed by atoms with E-state index in [-0.39, 0.29) is 28.0 Å². The number of amides is 2. The molecule has 118 valence electrons. The fourth-order valence-corrected chi connectivity index (χ4v) is 4.82. The van der Waals surface area contributed by atoms with E-state index in [1.807, 2.05) is 52.0 Å². The van der Waals surface area contributed by atoms with Gasteiger partial charge in [-0.05, 0) is 38.8 Å². The molecule has 1 aromatic rings. The first-order valence-electron chi connectivity index (χ1n) is 7.76. The monoisotopic (exact) mass is 318 g/mol. The summed E-state index contributed by atoms with van der Waals surface area (Å²) >= 11 is 1.70. The first-order chi connectivity index (χ1) is 10.4. The predicted molar refractivity (Wildman–Crippen MR) is 88.7 cm³/mol. The number of nitrogens with one attached hydrogen (secondary N) is 1. The maximum atomic E-state index is 12.8. The molecular weight excluding hydrogens is 296 g/mol. The van der Waals surface area contributed by atoms with Gasteiger partial charge in [0.05, 0.1) is 0 Å². The molecule has 3 atom stereocenters. The summed E-state index contributed by atoms with van der Waals surface area (Å²) in [4.78, 5) is 27.3. The summed E-state index contributed by atoms with van der Waals surface area (Å²) in [6, 6.07) is 7.37. The number of hydrogen-bond donors (Lipinski definition) is 1. The largest absolute Gasteiger partial charge is 0.352 e. The standard InChI is InChI=1S/C17H22N2O2S/c1-5-10(2)18-14(20)13-17(3,4)22-16-12-9-7-6-8-11(12)15(21)19(13)16/h6-10,13,16H,5H2,1-4H3,(H,18,20)/t10-,13-,16+/m1/s1. The minimum Gasteiger partial charge on any atom is -0.352 e. The first kappa shape index (κ1) is 15.4. The molecule has 2 heterocycles. The number of rotatable bonds is 3. The Labute approximate surface area is 135 Å². The Hall–Kier alpha value is -1.49. The lowest BCUT2D eigenvalue weighted by molar-refractivity contribution is -0.126. The van der Waals surface area contributed by atoms with Crippen LogP contribution in [0.4, 0.5) is 0 Å². The van der Waals surface area contributed by atoms with Crippen molar-refractivity contribution in [2.45, 2.75) is 56.3 Å². The molecule has 1 aromatic carbocycles. The molecule has 5 heteroatoms. The fourth-order valence-electron chi connectivity index (χ4n) is 3.23. The highest BCUT2D eigenvalue weighted by Crippen LogP contribution is 2.56. The summed E-state index contributed by atoms with van der Waals surface area (Å²) in [5.41, 5.74) is 1.77. The molecule has 1 saturated heterocycles. The average molecular weight is 318 g/mol. The summed E-state index contributed by atoms with van der Waals surface area (Å²) in [5.74, 6) is -0.0708. The van der Waals surface area contributed by atoms with Crippen LogP contribution < -0.4 is 5.32 Å². The van der Waals surface area contributed by atoms with Crippen LogP contribution in [0.3, 0.4) is 0 Å². The Morgan fingerprint density at radius 2 is 2.09 bits per heavy atom. The van der Waals surface area contributed by atoms with Crippen LogP contribution in [0.15, 0.2) is 24.3 Å². The number of thioether (sulfide) groups is 1. The average Bonchev–Trinajstić information content (AvgIpc) is 2.90. The molecule has 0 spiro atoms. The van der Waals surface area contributed by atoms with Crippen LogP contribution in [-0.4, -0.2) is 33.5 Å². The van der Waals surface area contributed by atoms with Gasteiger partial charge in [-0.3, -0.25) is 9.59 Å². The Morgan fingerprint density at radius 1 is 1.41 bits per heavy atom. The number of nitrogens with zero attached hydrogens (tertiary/aromatic N) is 1. The number of hydrogen-bond acceptors (Lipinski definition) is 3. The van der Waals surface area contributed by atoms with Crippen LogP contribution >= 0.6 is 11.8 Å². The van der Waals surface area contributed by atoms with E-state index >= 15 is 0 Å². The second-order valence-corrected chi connectivity index (χ2v) is 8.33. The van der Waals surface area contributed by atoms with Crippen LogP contribution in [0.5, 0.6) is 0 Å². The van der Waals surface area contributed by atoms with Gasteiger partial charge in [0.25, 0.3) is 5.91 Å². The smallest absolute Gasteiger partial charge is 0.256 e. The van der Waals surface area contributed by atoms with Crippen LogP contribution in [0.2, 0.25) is 0 Å². The second kappa shape index (κ2) is 5.30.